The summed E-state index contributed by atoms with van der Waals surface area (Å²) in [5.74, 6) is -0.562. The number of benzene rings is 1. The van der Waals surface area contributed by atoms with Gasteiger partial charge in [-0.2, -0.15) is 0 Å². The zero-order valence-corrected chi connectivity index (χ0v) is 9.88. The first-order chi connectivity index (χ1) is 8.68. The van der Waals surface area contributed by atoms with Gasteiger partial charge in [0.2, 0.25) is 0 Å². The van der Waals surface area contributed by atoms with Gasteiger partial charge in [-0.25, -0.2) is 0 Å². The van der Waals surface area contributed by atoms with E-state index in [0.29, 0.717) is 5.69 Å². The molecule has 0 spiro atoms. The van der Waals surface area contributed by atoms with Gasteiger partial charge in [0, 0.05) is 18.8 Å². The van der Waals surface area contributed by atoms with Crippen LogP contribution in [-0.4, -0.2) is 16.7 Å². The van der Waals surface area contributed by atoms with E-state index in [-0.39, 0.29) is 22.9 Å². The molecule has 0 aliphatic carbocycles. The summed E-state index contributed by atoms with van der Waals surface area (Å²) >= 11 is 0. The number of carbonyl (C=O) groups is 2. The van der Waals surface area contributed by atoms with Crippen LogP contribution in [0.4, 0.5) is 5.69 Å². The molecule has 0 saturated heterocycles. The fourth-order valence-corrected chi connectivity index (χ4v) is 1.59. The van der Waals surface area contributed by atoms with Crippen LogP contribution >= 0.6 is 0 Å². The van der Waals surface area contributed by atoms with Crippen molar-refractivity contribution in [3.63, 3.8) is 0 Å². The second-order valence-corrected chi connectivity index (χ2v) is 3.78. The number of anilines is 1. The summed E-state index contributed by atoms with van der Waals surface area (Å²) in [7, 11) is 0. The van der Waals surface area contributed by atoms with Crippen LogP contribution in [0.2, 0.25) is 0 Å². The van der Waals surface area contributed by atoms with Crippen LogP contribution in [-0.2, 0) is 0 Å². The lowest BCUT2D eigenvalue weighted by Gasteiger charge is -2.07. The molecule has 18 heavy (non-hydrogen) atoms. The van der Waals surface area contributed by atoms with Crippen molar-refractivity contribution in [3.8, 4) is 0 Å². The lowest BCUT2D eigenvalue weighted by Crippen LogP contribution is -2.16. The van der Waals surface area contributed by atoms with Crippen LogP contribution in [0.3, 0.4) is 0 Å². The van der Waals surface area contributed by atoms with Crippen LogP contribution in [0.5, 0.6) is 0 Å². The Morgan fingerprint density at radius 2 is 1.78 bits per heavy atom. The summed E-state index contributed by atoms with van der Waals surface area (Å²) in [6.45, 7) is 1.39. The van der Waals surface area contributed by atoms with Crippen LogP contribution in [0, 0.1) is 0 Å². The molecule has 2 aromatic rings. The summed E-state index contributed by atoms with van der Waals surface area (Å²) < 4.78 is 0. The number of nitrogens with one attached hydrogen (secondary N) is 1. The van der Waals surface area contributed by atoms with Crippen LogP contribution in [0.25, 0.3) is 0 Å². The number of hydrogen-bond acceptors (Lipinski definition) is 3. The molecule has 0 bridgehead atoms. The first-order valence-corrected chi connectivity index (χ1v) is 5.51. The maximum Gasteiger partial charge on any atom is 0.257 e. The highest BCUT2D eigenvalue weighted by atomic mass is 16.2. The lowest BCUT2D eigenvalue weighted by atomic mass is 10.1. The maximum absolute atomic E-state index is 12.0. The highest BCUT2D eigenvalue weighted by molar-refractivity contribution is 6.11. The monoisotopic (exact) mass is 240 g/mol. The zero-order chi connectivity index (χ0) is 13.0. The molecular formula is C14H12N2O2. The van der Waals surface area contributed by atoms with E-state index in [9.17, 15) is 9.59 Å². The summed E-state index contributed by atoms with van der Waals surface area (Å²) in [4.78, 5) is 27.3. The number of rotatable bonds is 3. The molecule has 0 radical (unpaired) electrons. The zero-order valence-electron chi connectivity index (χ0n) is 9.88. The molecule has 1 aromatic heterocycles. The Morgan fingerprint density at radius 3 is 2.44 bits per heavy atom. The van der Waals surface area contributed by atoms with Crippen molar-refractivity contribution >= 4 is 17.4 Å². The number of carbonyl (C=O) groups excluding carboxylic acids is 2. The molecule has 1 heterocycles. The molecule has 0 saturated carbocycles. The number of hydrogen-bond donors (Lipinski definition) is 1. The minimum absolute atomic E-state index is 0.186. The molecule has 4 nitrogen and oxygen atoms in total. The van der Waals surface area contributed by atoms with E-state index in [4.69, 9.17) is 0 Å². The molecule has 4 heteroatoms. The van der Waals surface area contributed by atoms with Crippen molar-refractivity contribution < 1.29 is 9.59 Å². The van der Waals surface area contributed by atoms with Crippen LogP contribution < -0.4 is 5.32 Å². The Hall–Kier alpha value is -2.49. The Kier molecular flexibility index (Phi) is 3.48. The molecule has 1 aromatic carbocycles. The number of aromatic nitrogens is 1. The summed E-state index contributed by atoms with van der Waals surface area (Å²) in [6.07, 6.45) is 1.50. The van der Waals surface area contributed by atoms with Crippen molar-refractivity contribution in [2.45, 2.75) is 6.92 Å². The van der Waals surface area contributed by atoms with Gasteiger partial charge >= 0.3 is 0 Å². The quantitative estimate of drug-likeness (QED) is 0.839. The minimum atomic E-state index is -0.334. The number of Topliss-reactive ketones (excluding diaryl/α,β-unsaturated/α-hetero) is 1. The summed E-state index contributed by atoms with van der Waals surface area (Å²) in [6, 6.07) is 12.3. The average molecular weight is 240 g/mol. The van der Waals surface area contributed by atoms with Crippen molar-refractivity contribution in [2.75, 3.05) is 5.32 Å². The molecular weight excluding hydrogens is 228 g/mol. The number of nitrogens with zero attached hydrogens (tertiary/aromatic N) is 1. The Balaban J connectivity index is 2.27. The second kappa shape index (κ2) is 5.23. The first kappa shape index (κ1) is 12.0. The topological polar surface area (TPSA) is 59.1 Å². The molecule has 2 rings (SSSR count). The molecule has 0 fully saturated rings. The summed E-state index contributed by atoms with van der Waals surface area (Å²) in [5.41, 5.74) is 1.15. The Morgan fingerprint density at radius 1 is 1.06 bits per heavy atom. The number of pyridine rings is 1. The third-order valence-corrected chi connectivity index (χ3v) is 2.42. The predicted octanol–water partition coefficient (Wildman–Crippen LogP) is 2.54. The largest absolute Gasteiger partial charge is 0.322 e. The third kappa shape index (κ3) is 2.60. The second-order valence-electron chi connectivity index (χ2n) is 3.78. The van der Waals surface area contributed by atoms with Gasteiger partial charge in [-0.05, 0) is 24.3 Å². The van der Waals surface area contributed by atoms with E-state index in [2.05, 4.69) is 10.3 Å². The van der Waals surface area contributed by atoms with Gasteiger partial charge in [0.1, 0.15) is 5.69 Å². The highest BCUT2D eigenvalue weighted by Crippen LogP contribution is 2.11. The lowest BCUT2D eigenvalue weighted by molar-refractivity contribution is 0.0981. The third-order valence-electron chi connectivity index (χ3n) is 2.42. The molecule has 0 atom stereocenters. The van der Waals surface area contributed by atoms with E-state index in [1.165, 1.54) is 13.1 Å². The molecule has 0 aliphatic rings. The van der Waals surface area contributed by atoms with Gasteiger partial charge in [0.15, 0.2) is 5.78 Å². The van der Waals surface area contributed by atoms with E-state index < -0.39 is 0 Å². The van der Waals surface area contributed by atoms with Crippen molar-refractivity contribution in [2.24, 2.45) is 0 Å². The molecule has 90 valence electrons. The SMILES string of the molecule is CC(=O)c1ncccc1C(=O)Nc1ccccc1. The molecule has 1 amide bonds. The smallest absolute Gasteiger partial charge is 0.257 e. The van der Waals surface area contributed by atoms with Gasteiger partial charge < -0.3 is 5.32 Å². The summed E-state index contributed by atoms with van der Waals surface area (Å²) in [5, 5.41) is 2.72. The first-order valence-electron chi connectivity index (χ1n) is 5.51. The predicted molar refractivity (Wildman–Crippen MR) is 68.6 cm³/mol. The van der Waals surface area contributed by atoms with E-state index in [0.717, 1.165) is 0 Å². The highest BCUT2D eigenvalue weighted by Gasteiger charge is 2.15. The number of amides is 1. The van der Waals surface area contributed by atoms with E-state index >= 15 is 0 Å². The Labute approximate surface area is 105 Å². The number of ketones is 1. The van der Waals surface area contributed by atoms with E-state index in [1.807, 2.05) is 18.2 Å². The molecule has 0 unspecified atom stereocenters. The van der Waals surface area contributed by atoms with Crippen LogP contribution in [0.1, 0.15) is 27.8 Å². The normalized spacial score (nSPS) is 9.83. The minimum Gasteiger partial charge on any atom is -0.322 e. The average Bonchev–Trinajstić information content (AvgIpc) is 2.40. The fourth-order valence-electron chi connectivity index (χ4n) is 1.59. The van der Waals surface area contributed by atoms with Gasteiger partial charge in [-0.15, -0.1) is 0 Å². The van der Waals surface area contributed by atoms with Gasteiger partial charge in [0.05, 0.1) is 5.56 Å². The van der Waals surface area contributed by atoms with Gasteiger partial charge in [-0.3, -0.25) is 14.6 Å². The van der Waals surface area contributed by atoms with Gasteiger partial charge in [0.25, 0.3) is 5.91 Å². The van der Waals surface area contributed by atoms with Crippen LogP contribution in [0.15, 0.2) is 48.7 Å². The maximum atomic E-state index is 12.0. The van der Waals surface area contributed by atoms with Crippen molar-refractivity contribution in [3.05, 3.63) is 59.9 Å². The Bertz CT molecular complexity index is 579. The van der Waals surface area contributed by atoms with Gasteiger partial charge in [-0.1, -0.05) is 18.2 Å². The molecule has 1 N–H and O–H groups in total. The standard InChI is InChI=1S/C14H12N2O2/c1-10(17)13-12(8-5-9-15-13)14(18)16-11-6-3-2-4-7-11/h2-9H,1H3,(H,16,18). The molecule has 0 aliphatic heterocycles. The van der Waals surface area contributed by atoms with Crippen molar-refractivity contribution in [1.82, 2.24) is 4.98 Å². The van der Waals surface area contributed by atoms with E-state index in [1.54, 1.807) is 24.3 Å². The fraction of sp³-hybridized carbons (Fsp3) is 0.0714. The number of para-hydroxylation sites is 1. The van der Waals surface area contributed by atoms with Crippen molar-refractivity contribution in [1.29, 1.82) is 0 Å².